The van der Waals surface area contributed by atoms with Crippen molar-refractivity contribution >= 4 is 21.6 Å². The zero-order valence-electron chi connectivity index (χ0n) is 15.6. The average molecular weight is 421 g/mol. The van der Waals surface area contributed by atoms with Crippen LogP contribution in [-0.4, -0.2) is 30.9 Å². The molecule has 3 aromatic rings. The highest BCUT2D eigenvalue weighted by atomic mass is 35.5. The minimum atomic E-state index is -3.79. The van der Waals surface area contributed by atoms with Crippen molar-refractivity contribution in [2.45, 2.75) is 25.3 Å². The minimum Gasteiger partial charge on any atom is -0.492 e. The Balaban J connectivity index is 1.78. The van der Waals surface area contributed by atoms with Gasteiger partial charge in [-0.05, 0) is 55.3 Å². The van der Waals surface area contributed by atoms with Gasteiger partial charge in [0.05, 0.1) is 12.8 Å². The molecule has 3 rings (SSSR count). The molecule has 0 radical (unpaired) electrons. The third-order valence-corrected chi connectivity index (χ3v) is 6.24. The monoisotopic (exact) mass is 420 g/mol. The second-order valence-electron chi connectivity index (χ2n) is 6.35. The normalized spacial score (nSPS) is 11.7. The fourth-order valence-electron chi connectivity index (χ4n) is 2.64. The minimum absolute atomic E-state index is 0.0650. The molecular weight excluding hydrogens is 400 g/mol. The number of furan rings is 1. The van der Waals surface area contributed by atoms with Gasteiger partial charge in [-0.15, -0.1) is 0 Å². The standard InChI is InChI=1S/C20H21ClN2O4S/c1-15-5-6-16(2)19(12-15)27-11-9-23(14-17-4-3-10-26-17)28(24,25)18-7-8-20(21)22-13-18/h3-8,10,12-13H,9,11,14H2,1-2H3. The number of aromatic nitrogens is 1. The quantitative estimate of drug-likeness (QED) is 0.510. The van der Waals surface area contributed by atoms with Crippen molar-refractivity contribution < 1.29 is 17.6 Å². The molecule has 0 aliphatic carbocycles. The van der Waals surface area contributed by atoms with Crippen LogP contribution in [-0.2, 0) is 16.6 Å². The van der Waals surface area contributed by atoms with Crippen LogP contribution in [0.15, 0.2) is 64.2 Å². The van der Waals surface area contributed by atoms with Gasteiger partial charge in [-0.3, -0.25) is 0 Å². The van der Waals surface area contributed by atoms with Crippen LogP contribution in [0.5, 0.6) is 5.75 Å². The third kappa shape index (κ3) is 4.92. The Hall–Kier alpha value is -2.35. The van der Waals surface area contributed by atoms with Gasteiger partial charge < -0.3 is 9.15 Å². The van der Waals surface area contributed by atoms with Crippen LogP contribution in [0.25, 0.3) is 0 Å². The number of hydrogen-bond acceptors (Lipinski definition) is 5. The first-order chi connectivity index (χ1) is 13.4. The van der Waals surface area contributed by atoms with Crippen molar-refractivity contribution in [1.82, 2.24) is 9.29 Å². The lowest BCUT2D eigenvalue weighted by Gasteiger charge is -2.21. The van der Waals surface area contributed by atoms with E-state index >= 15 is 0 Å². The summed E-state index contributed by atoms with van der Waals surface area (Å²) in [4.78, 5) is 3.94. The number of hydrogen-bond donors (Lipinski definition) is 0. The Bertz CT molecular complexity index is 1020. The summed E-state index contributed by atoms with van der Waals surface area (Å²) in [6.07, 6.45) is 2.76. The van der Waals surface area contributed by atoms with Crippen molar-refractivity contribution in [3.05, 3.63) is 77.0 Å². The number of ether oxygens (including phenoxy) is 1. The Morgan fingerprint density at radius 2 is 2.00 bits per heavy atom. The number of aryl methyl sites for hydroxylation is 2. The molecule has 6 nitrogen and oxygen atoms in total. The van der Waals surface area contributed by atoms with Crippen molar-refractivity contribution in [1.29, 1.82) is 0 Å². The second-order valence-corrected chi connectivity index (χ2v) is 8.68. The van der Waals surface area contributed by atoms with E-state index in [1.807, 2.05) is 32.0 Å². The Kier molecular flexibility index (Phi) is 6.39. The number of pyridine rings is 1. The van der Waals surface area contributed by atoms with Crippen LogP contribution in [0, 0.1) is 13.8 Å². The Labute approximate surface area is 169 Å². The van der Waals surface area contributed by atoms with Gasteiger partial charge >= 0.3 is 0 Å². The summed E-state index contributed by atoms with van der Waals surface area (Å²) in [7, 11) is -3.79. The Morgan fingerprint density at radius 1 is 1.18 bits per heavy atom. The maximum Gasteiger partial charge on any atom is 0.245 e. The fraction of sp³-hybridized carbons (Fsp3) is 0.250. The van der Waals surface area contributed by atoms with Crippen LogP contribution in [0.1, 0.15) is 16.9 Å². The number of benzene rings is 1. The van der Waals surface area contributed by atoms with E-state index in [0.29, 0.717) is 5.76 Å². The summed E-state index contributed by atoms with van der Waals surface area (Å²) in [5, 5.41) is 0.231. The summed E-state index contributed by atoms with van der Waals surface area (Å²) in [5.41, 5.74) is 2.07. The van der Waals surface area contributed by atoms with Crippen LogP contribution in [0.4, 0.5) is 0 Å². The van der Waals surface area contributed by atoms with Crippen LogP contribution < -0.4 is 4.74 Å². The largest absolute Gasteiger partial charge is 0.492 e. The lowest BCUT2D eigenvalue weighted by atomic mass is 10.1. The lowest BCUT2D eigenvalue weighted by Crippen LogP contribution is -2.34. The molecule has 2 heterocycles. The molecule has 1 aromatic carbocycles. The zero-order chi connectivity index (χ0) is 20.1. The molecule has 0 saturated heterocycles. The predicted octanol–water partition coefficient (Wildman–Crippen LogP) is 4.21. The van der Waals surface area contributed by atoms with Gasteiger partial charge in [0.25, 0.3) is 0 Å². The maximum absolute atomic E-state index is 13.1. The molecule has 0 aliphatic rings. The van der Waals surface area contributed by atoms with Gasteiger partial charge in [0.15, 0.2) is 0 Å². The first-order valence-corrected chi connectivity index (χ1v) is 10.5. The first-order valence-electron chi connectivity index (χ1n) is 8.70. The van der Waals surface area contributed by atoms with Gasteiger partial charge in [-0.1, -0.05) is 23.7 Å². The molecule has 0 fully saturated rings. The van der Waals surface area contributed by atoms with Crippen molar-refractivity contribution in [2.75, 3.05) is 13.2 Å². The van der Waals surface area contributed by atoms with Crippen LogP contribution >= 0.6 is 11.6 Å². The predicted molar refractivity (Wildman–Crippen MR) is 107 cm³/mol. The topological polar surface area (TPSA) is 72.6 Å². The van der Waals surface area contributed by atoms with E-state index in [9.17, 15) is 8.42 Å². The molecule has 0 aliphatic heterocycles. The molecule has 0 N–H and O–H groups in total. The molecule has 0 spiro atoms. The summed E-state index contributed by atoms with van der Waals surface area (Å²) in [5.74, 6) is 1.28. The summed E-state index contributed by atoms with van der Waals surface area (Å²) in [6.45, 7) is 4.37. The molecule has 148 valence electrons. The van der Waals surface area contributed by atoms with Gasteiger partial charge in [-0.2, -0.15) is 4.31 Å². The highest BCUT2D eigenvalue weighted by molar-refractivity contribution is 7.89. The van der Waals surface area contributed by atoms with E-state index in [2.05, 4.69) is 4.98 Å². The van der Waals surface area contributed by atoms with Crippen molar-refractivity contribution in [3.63, 3.8) is 0 Å². The van der Waals surface area contributed by atoms with Gasteiger partial charge in [0.2, 0.25) is 10.0 Å². The number of nitrogens with zero attached hydrogens (tertiary/aromatic N) is 2. The van der Waals surface area contributed by atoms with Gasteiger partial charge in [0.1, 0.15) is 28.2 Å². The number of halogens is 1. The molecule has 0 atom stereocenters. The fourth-order valence-corrected chi connectivity index (χ4v) is 4.09. The SMILES string of the molecule is Cc1ccc(C)c(OCCN(Cc2ccco2)S(=O)(=O)c2ccc(Cl)nc2)c1. The van der Waals surface area contributed by atoms with E-state index in [1.165, 1.54) is 28.9 Å². The number of rotatable bonds is 8. The van der Waals surface area contributed by atoms with Crippen LogP contribution in [0.2, 0.25) is 5.15 Å². The Morgan fingerprint density at radius 3 is 2.68 bits per heavy atom. The van der Waals surface area contributed by atoms with Crippen molar-refractivity contribution in [3.8, 4) is 5.75 Å². The highest BCUT2D eigenvalue weighted by Gasteiger charge is 2.26. The van der Waals surface area contributed by atoms with Gasteiger partial charge in [-0.25, -0.2) is 13.4 Å². The average Bonchev–Trinajstić information content (AvgIpc) is 3.17. The smallest absolute Gasteiger partial charge is 0.245 e. The molecular formula is C20H21ClN2O4S. The van der Waals surface area contributed by atoms with Crippen LogP contribution in [0.3, 0.4) is 0 Å². The molecule has 0 unspecified atom stereocenters. The second kappa shape index (κ2) is 8.77. The number of sulfonamides is 1. The maximum atomic E-state index is 13.1. The van der Waals surface area contributed by atoms with E-state index in [-0.39, 0.29) is 29.7 Å². The first kappa shape index (κ1) is 20.4. The summed E-state index contributed by atoms with van der Waals surface area (Å²) >= 11 is 5.78. The van der Waals surface area contributed by atoms with E-state index in [1.54, 1.807) is 12.1 Å². The zero-order valence-corrected chi connectivity index (χ0v) is 17.2. The van der Waals surface area contributed by atoms with Crippen molar-refractivity contribution in [2.24, 2.45) is 0 Å². The van der Waals surface area contributed by atoms with E-state index in [0.717, 1.165) is 16.9 Å². The van der Waals surface area contributed by atoms with E-state index < -0.39 is 10.0 Å². The molecule has 28 heavy (non-hydrogen) atoms. The third-order valence-electron chi connectivity index (χ3n) is 4.19. The molecule has 8 heteroatoms. The van der Waals surface area contributed by atoms with Gasteiger partial charge in [0, 0.05) is 12.7 Å². The molecule has 2 aromatic heterocycles. The summed E-state index contributed by atoms with van der Waals surface area (Å²) < 4.78 is 38.6. The molecule has 0 amide bonds. The van der Waals surface area contributed by atoms with E-state index in [4.69, 9.17) is 20.8 Å². The molecule has 0 bridgehead atoms. The summed E-state index contributed by atoms with van der Waals surface area (Å²) in [6, 6.07) is 12.2. The highest BCUT2D eigenvalue weighted by Crippen LogP contribution is 2.21. The molecule has 0 saturated carbocycles. The lowest BCUT2D eigenvalue weighted by molar-refractivity contribution is 0.260.